The number of nitrogens with two attached hydrogens (primary N) is 1. The molecule has 0 aromatic carbocycles. The highest BCUT2D eigenvalue weighted by Gasteiger charge is 2.42. The van der Waals surface area contributed by atoms with E-state index in [0.717, 1.165) is 12.0 Å². The van der Waals surface area contributed by atoms with Gasteiger partial charge in [0.2, 0.25) is 6.41 Å². The number of carbonyl (C=O) groups excluding carboxylic acids is 1. The van der Waals surface area contributed by atoms with Crippen LogP contribution in [0.5, 0.6) is 0 Å². The first kappa shape index (κ1) is 15.5. The molecule has 19 heavy (non-hydrogen) atoms. The van der Waals surface area contributed by atoms with Crippen LogP contribution in [0, 0.1) is 10.1 Å². The number of pyridine rings is 1. The predicted molar refractivity (Wildman–Crippen MR) is 75.8 cm³/mol. The minimum atomic E-state index is -2.19. The first-order chi connectivity index (χ1) is 8.95. The number of rotatable bonds is 6. The van der Waals surface area contributed by atoms with Crippen LogP contribution in [0.4, 0.5) is 5.69 Å². The van der Waals surface area contributed by atoms with E-state index in [1.54, 1.807) is 34.7 Å². The highest BCUT2D eigenvalue weighted by atomic mass is 127. The van der Waals surface area contributed by atoms with Gasteiger partial charge in [0.1, 0.15) is 3.58 Å². The van der Waals surface area contributed by atoms with Crippen LogP contribution in [0.2, 0.25) is 0 Å². The lowest BCUT2D eigenvalue weighted by Crippen LogP contribution is -2.50. The van der Waals surface area contributed by atoms with Gasteiger partial charge in [-0.15, -0.1) is 0 Å². The number of amides is 1. The zero-order valence-corrected chi connectivity index (χ0v) is 12.1. The fraction of sp³-hybridized carbons (Fsp3) is 0.200. The van der Waals surface area contributed by atoms with Gasteiger partial charge in [0.25, 0.3) is 0 Å². The number of anilines is 1. The SMILES string of the molecule is COC(N)(/C(I)=C/N(C=O)c1ccncc1)[N+](=O)[O-]. The second-order valence-corrected chi connectivity index (χ2v) is 4.51. The van der Waals surface area contributed by atoms with Crippen LogP contribution in [0.1, 0.15) is 0 Å². The minimum Gasteiger partial charge on any atom is -0.301 e. The molecule has 1 unspecified atom stereocenters. The Morgan fingerprint density at radius 2 is 2.21 bits per heavy atom. The average Bonchev–Trinajstić information content (AvgIpc) is 2.44. The molecule has 0 aliphatic heterocycles. The Kier molecular flexibility index (Phi) is 5.32. The van der Waals surface area contributed by atoms with Gasteiger partial charge in [-0.1, -0.05) is 0 Å². The molecule has 1 amide bonds. The van der Waals surface area contributed by atoms with Crippen molar-refractivity contribution < 1.29 is 14.5 Å². The van der Waals surface area contributed by atoms with Gasteiger partial charge in [-0.3, -0.25) is 24.8 Å². The van der Waals surface area contributed by atoms with E-state index in [2.05, 4.69) is 4.98 Å². The molecule has 1 aromatic rings. The average molecular weight is 378 g/mol. The molecule has 9 heteroatoms. The summed E-state index contributed by atoms with van der Waals surface area (Å²) in [5.74, 6) is -2.19. The molecule has 0 spiro atoms. The number of hydrogen-bond donors (Lipinski definition) is 1. The van der Waals surface area contributed by atoms with Gasteiger partial charge in [-0.25, -0.2) is 5.73 Å². The molecule has 1 rings (SSSR count). The number of nitrogens with zero attached hydrogens (tertiary/aromatic N) is 3. The Balaban J connectivity index is 3.11. The van der Waals surface area contributed by atoms with Crippen LogP contribution < -0.4 is 10.6 Å². The van der Waals surface area contributed by atoms with Crippen LogP contribution in [0.3, 0.4) is 0 Å². The molecule has 8 nitrogen and oxygen atoms in total. The van der Waals surface area contributed by atoms with E-state index >= 15 is 0 Å². The largest absolute Gasteiger partial charge is 0.418 e. The quantitative estimate of drug-likeness (QED) is 0.258. The lowest BCUT2D eigenvalue weighted by molar-refractivity contribution is -0.610. The molecule has 0 saturated heterocycles. The van der Waals surface area contributed by atoms with Crippen molar-refractivity contribution >= 4 is 34.7 Å². The summed E-state index contributed by atoms with van der Waals surface area (Å²) >= 11 is 1.65. The van der Waals surface area contributed by atoms with Crippen molar-refractivity contribution in [1.29, 1.82) is 0 Å². The van der Waals surface area contributed by atoms with Crippen molar-refractivity contribution in [1.82, 2.24) is 4.98 Å². The number of hydrogen-bond acceptors (Lipinski definition) is 6. The molecule has 0 bridgehead atoms. The summed E-state index contributed by atoms with van der Waals surface area (Å²) in [6, 6.07) is 3.15. The van der Waals surface area contributed by atoms with E-state index in [1.807, 2.05) is 0 Å². The van der Waals surface area contributed by atoms with Crippen molar-refractivity contribution in [2.75, 3.05) is 12.0 Å². The maximum atomic E-state index is 11.0. The zero-order chi connectivity index (χ0) is 14.5. The van der Waals surface area contributed by atoms with E-state index in [4.69, 9.17) is 10.5 Å². The lowest BCUT2D eigenvalue weighted by atomic mass is 10.3. The van der Waals surface area contributed by atoms with Crippen molar-refractivity contribution in [3.63, 3.8) is 0 Å². The van der Waals surface area contributed by atoms with Gasteiger partial charge in [-0.05, 0) is 34.7 Å². The van der Waals surface area contributed by atoms with E-state index in [1.165, 1.54) is 18.6 Å². The maximum Gasteiger partial charge on any atom is 0.418 e. The van der Waals surface area contributed by atoms with E-state index in [9.17, 15) is 14.9 Å². The molecule has 1 heterocycles. The van der Waals surface area contributed by atoms with Crippen LogP contribution in [-0.2, 0) is 9.53 Å². The molecular formula is C10H11IN4O4. The number of ether oxygens (including phenoxy) is 1. The molecular weight excluding hydrogens is 367 g/mol. The zero-order valence-electron chi connectivity index (χ0n) is 9.89. The summed E-state index contributed by atoms with van der Waals surface area (Å²) < 4.78 is 4.73. The van der Waals surface area contributed by atoms with E-state index < -0.39 is 10.8 Å². The van der Waals surface area contributed by atoms with Gasteiger partial charge >= 0.3 is 5.85 Å². The predicted octanol–water partition coefficient (Wildman–Crippen LogP) is 0.856. The number of methoxy groups -OCH3 is 1. The fourth-order valence-electron chi connectivity index (χ4n) is 1.16. The van der Waals surface area contributed by atoms with Crippen LogP contribution in [0.15, 0.2) is 34.3 Å². The maximum absolute atomic E-state index is 11.0. The normalized spacial score (nSPS) is 14.6. The summed E-state index contributed by atoms with van der Waals surface area (Å²) in [6.07, 6.45) is 4.72. The van der Waals surface area contributed by atoms with Crippen LogP contribution in [0.25, 0.3) is 0 Å². The first-order valence-corrected chi connectivity index (χ1v) is 6.03. The molecule has 0 aliphatic carbocycles. The molecule has 0 fully saturated rings. The van der Waals surface area contributed by atoms with E-state index in [0.29, 0.717) is 12.1 Å². The van der Waals surface area contributed by atoms with Gasteiger partial charge in [-0.2, -0.15) is 0 Å². The Bertz CT molecular complexity index is 496. The summed E-state index contributed by atoms with van der Waals surface area (Å²) in [4.78, 5) is 26.1. The molecule has 1 atom stereocenters. The first-order valence-electron chi connectivity index (χ1n) is 4.95. The molecule has 0 radical (unpaired) electrons. The Morgan fingerprint density at radius 3 is 2.63 bits per heavy atom. The Labute approximate surface area is 122 Å². The Hall–Kier alpha value is -1.59. The third-order valence-electron chi connectivity index (χ3n) is 2.25. The minimum absolute atomic E-state index is 0.0431. The smallest absolute Gasteiger partial charge is 0.301 e. The molecule has 2 N–H and O–H groups in total. The summed E-state index contributed by atoms with van der Waals surface area (Å²) in [6.45, 7) is 0. The fourth-order valence-corrected chi connectivity index (χ4v) is 1.87. The van der Waals surface area contributed by atoms with Crippen LogP contribution in [-0.4, -0.2) is 29.3 Å². The second kappa shape index (κ2) is 6.54. The van der Waals surface area contributed by atoms with Crippen molar-refractivity contribution in [2.24, 2.45) is 5.73 Å². The molecule has 0 aliphatic rings. The van der Waals surface area contributed by atoms with Crippen molar-refractivity contribution in [3.05, 3.63) is 44.4 Å². The monoisotopic (exact) mass is 378 g/mol. The van der Waals surface area contributed by atoms with Crippen molar-refractivity contribution in [3.8, 4) is 0 Å². The topological polar surface area (TPSA) is 112 Å². The van der Waals surface area contributed by atoms with Gasteiger partial charge in [0.05, 0.1) is 10.6 Å². The Morgan fingerprint density at radius 1 is 1.63 bits per heavy atom. The van der Waals surface area contributed by atoms with Crippen molar-refractivity contribution in [2.45, 2.75) is 5.85 Å². The number of nitro groups is 1. The summed E-state index contributed by atoms with van der Waals surface area (Å²) in [5.41, 5.74) is 6.01. The third-order valence-corrected chi connectivity index (χ3v) is 3.30. The van der Waals surface area contributed by atoms with E-state index in [-0.39, 0.29) is 3.58 Å². The number of carbonyl (C=O) groups is 1. The summed E-state index contributed by atoms with van der Waals surface area (Å²) in [5, 5.41) is 10.9. The van der Waals surface area contributed by atoms with Gasteiger partial charge < -0.3 is 4.74 Å². The molecule has 1 aromatic heterocycles. The molecule has 102 valence electrons. The second-order valence-electron chi connectivity index (χ2n) is 3.35. The summed E-state index contributed by atoms with van der Waals surface area (Å²) in [7, 11) is 1.12. The molecule has 0 saturated carbocycles. The van der Waals surface area contributed by atoms with Gasteiger partial charge in [0.15, 0.2) is 0 Å². The third kappa shape index (κ3) is 3.45. The standard InChI is InChI=1S/C10H11IN4O4/c1-19-10(12,15(17)18)9(11)6-14(7-16)8-2-4-13-5-3-8/h2-7H,12H2,1H3/b9-6-. The number of aromatic nitrogens is 1. The highest BCUT2D eigenvalue weighted by molar-refractivity contribution is 14.1. The lowest BCUT2D eigenvalue weighted by Gasteiger charge is -2.20. The van der Waals surface area contributed by atoms with Crippen LogP contribution >= 0.6 is 22.6 Å². The number of halogens is 1. The van der Waals surface area contributed by atoms with Gasteiger partial charge in [0, 0.05) is 25.7 Å². The highest BCUT2D eigenvalue weighted by Crippen LogP contribution is 2.24.